The topological polar surface area (TPSA) is 64.6 Å². The van der Waals surface area contributed by atoms with E-state index in [0.717, 1.165) is 37.9 Å². The molecule has 0 bridgehead atoms. The Hall–Kier alpha value is -1.85. The predicted molar refractivity (Wildman–Crippen MR) is 115 cm³/mol. The van der Waals surface area contributed by atoms with E-state index < -0.39 is 29.0 Å². The van der Waals surface area contributed by atoms with Gasteiger partial charge in [0, 0.05) is 12.1 Å². The van der Waals surface area contributed by atoms with Crippen LogP contribution in [-0.2, 0) is 0 Å². The van der Waals surface area contributed by atoms with E-state index in [4.69, 9.17) is 0 Å². The lowest BCUT2D eigenvalue weighted by atomic mass is 9.81. The summed E-state index contributed by atoms with van der Waals surface area (Å²) in [7, 11) is 0. The van der Waals surface area contributed by atoms with E-state index in [1.165, 1.54) is 17.0 Å². The molecule has 3 N–H and O–H groups in total. The Morgan fingerprint density at radius 2 is 1.97 bits per heavy atom. The summed E-state index contributed by atoms with van der Waals surface area (Å²) in [6, 6.07) is 5.73. The van der Waals surface area contributed by atoms with Crippen molar-refractivity contribution in [3.05, 3.63) is 56.9 Å². The van der Waals surface area contributed by atoms with Crippen molar-refractivity contribution >= 4 is 39.9 Å². The molecule has 0 unspecified atom stereocenters. The predicted octanol–water partition coefficient (Wildman–Crippen LogP) is 3.78. The van der Waals surface area contributed by atoms with E-state index >= 15 is 0 Å². The third-order valence-corrected chi connectivity index (χ3v) is 6.52. The number of nitrogens with zero attached hydrogens (tertiary/aromatic N) is 1. The van der Waals surface area contributed by atoms with Crippen LogP contribution >= 0.6 is 22.6 Å². The van der Waals surface area contributed by atoms with Crippen LogP contribution in [0, 0.1) is 21.0 Å². The molecule has 0 aromatic heterocycles. The fraction of sp³-hybridized carbons (Fsp3) is 0.381. The number of rotatable bonds is 4. The van der Waals surface area contributed by atoms with Gasteiger partial charge in [-0.05, 0) is 66.2 Å². The quantitative estimate of drug-likeness (QED) is 0.526. The van der Waals surface area contributed by atoms with Crippen molar-refractivity contribution in [2.45, 2.75) is 30.9 Å². The highest BCUT2D eigenvalue weighted by Crippen LogP contribution is 2.34. The molecule has 2 heterocycles. The first-order valence-electron chi connectivity index (χ1n) is 9.73. The zero-order valence-corrected chi connectivity index (χ0v) is 18.2. The SMILES string of the molecule is O=C(c1ccc(I)c(F)c1Nc1ccc(F)cc1F)N1CC(O)([C@@H]2CCCCN2)C1. The summed E-state index contributed by atoms with van der Waals surface area (Å²) in [5, 5.41) is 16.7. The van der Waals surface area contributed by atoms with Gasteiger partial charge < -0.3 is 20.6 Å². The number of hydrogen-bond donors (Lipinski definition) is 3. The van der Waals surface area contributed by atoms with Crippen molar-refractivity contribution in [1.29, 1.82) is 0 Å². The van der Waals surface area contributed by atoms with Gasteiger partial charge in [0.1, 0.15) is 17.2 Å². The van der Waals surface area contributed by atoms with E-state index in [1.807, 2.05) is 0 Å². The molecule has 0 spiro atoms. The molecular formula is C21H21F3IN3O2. The van der Waals surface area contributed by atoms with Crippen molar-refractivity contribution in [1.82, 2.24) is 10.2 Å². The van der Waals surface area contributed by atoms with Crippen molar-refractivity contribution < 1.29 is 23.1 Å². The van der Waals surface area contributed by atoms with Gasteiger partial charge in [-0.15, -0.1) is 0 Å². The van der Waals surface area contributed by atoms with Gasteiger partial charge in [-0.25, -0.2) is 13.2 Å². The summed E-state index contributed by atoms with van der Waals surface area (Å²) >= 11 is 1.78. The molecule has 2 aliphatic heterocycles. The number of carbonyl (C=O) groups excluding carboxylic acids is 1. The van der Waals surface area contributed by atoms with Crippen LogP contribution < -0.4 is 10.6 Å². The summed E-state index contributed by atoms with van der Waals surface area (Å²) in [4.78, 5) is 14.5. The van der Waals surface area contributed by atoms with Crippen LogP contribution in [0.25, 0.3) is 0 Å². The van der Waals surface area contributed by atoms with Gasteiger partial charge in [0.25, 0.3) is 5.91 Å². The number of benzene rings is 2. The molecule has 30 heavy (non-hydrogen) atoms. The minimum Gasteiger partial charge on any atom is -0.385 e. The number of amides is 1. The lowest BCUT2D eigenvalue weighted by Crippen LogP contribution is -2.72. The molecule has 2 saturated heterocycles. The molecular weight excluding hydrogens is 510 g/mol. The Morgan fingerprint density at radius 1 is 1.20 bits per heavy atom. The normalized spacial score (nSPS) is 20.6. The van der Waals surface area contributed by atoms with E-state index in [-0.39, 0.29) is 39.6 Å². The maximum Gasteiger partial charge on any atom is 0.256 e. The second kappa shape index (κ2) is 8.35. The number of anilines is 2. The fourth-order valence-electron chi connectivity index (χ4n) is 4.04. The van der Waals surface area contributed by atoms with Gasteiger partial charge in [0.15, 0.2) is 5.82 Å². The smallest absolute Gasteiger partial charge is 0.256 e. The van der Waals surface area contributed by atoms with E-state index in [0.29, 0.717) is 6.07 Å². The second-order valence-electron chi connectivity index (χ2n) is 7.80. The number of aliphatic hydroxyl groups is 1. The molecule has 2 aliphatic rings. The summed E-state index contributed by atoms with van der Waals surface area (Å²) in [6.07, 6.45) is 2.92. The maximum atomic E-state index is 14.9. The first-order valence-corrected chi connectivity index (χ1v) is 10.8. The third kappa shape index (κ3) is 4.02. The summed E-state index contributed by atoms with van der Waals surface area (Å²) in [5.41, 5.74) is -1.30. The van der Waals surface area contributed by atoms with Crippen LogP contribution in [0.3, 0.4) is 0 Å². The molecule has 160 valence electrons. The van der Waals surface area contributed by atoms with E-state index in [1.54, 1.807) is 22.6 Å². The Morgan fingerprint density at radius 3 is 2.63 bits per heavy atom. The zero-order chi connectivity index (χ0) is 21.5. The molecule has 2 fully saturated rings. The molecule has 2 aromatic carbocycles. The van der Waals surface area contributed by atoms with Crippen molar-refractivity contribution in [2.24, 2.45) is 0 Å². The van der Waals surface area contributed by atoms with Crippen LogP contribution in [0.5, 0.6) is 0 Å². The lowest BCUT2D eigenvalue weighted by Gasteiger charge is -2.51. The first-order chi connectivity index (χ1) is 14.3. The van der Waals surface area contributed by atoms with Crippen LogP contribution in [0.1, 0.15) is 29.6 Å². The summed E-state index contributed by atoms with van der Waals surface area (Å²) < 4.78 is 42.4. The van der Waals surface area contributed by atoms with Gasteiger partial charge in [-0.2, -0.15) is 0 Å². The van der Waals surface area contributed by atoms with Crippen molar-refractivity contribution in [3.63, 3.8) is 0 Å². The number of piperidine rings is 1. The molecule has 1 amide bonds. The first kappa shape index (κ1) is 21.4. The largest absolute Gasteiger partial charge is 0.385 e. The summed E-state index contributed by atoms with van der Waals surface area (Å²) in [6.45, 7) is 1.11. The number of carbonyl (C=O) groups is 1. The van der Waals surface area contributed by atoms with Crippen molar-refractivity contribution in [3.8, 4) is 0 Å². The Labute approximate surface area is 185 Å². The Kier molecular flexibility index (Phi) is 5.95. The highest BCUT2D eigenvalue weighted by atomic mass is 127. The third-order valence-electron chi connectivity index (χ3n) is 5.69. The van der Waals surface area contributed by atoms with Crippen molar-refractivity contribution in [2.75, 3.05) is 25.0 Å². The molecule has 5 nitrogen and oxygen atoms in total. The Balaban J connectivity index is 1.57. The zero-order valence-electron chi connectivity index (χ0n) is 16.0. The van der Waals surface area contributed by atoms with Crippen LogP contribution in [-0.4, -0.2) is 47.2 Å². The molecule has 0 radical (unpaired) electrons. The maximum absolute atomic E-state index is 14.9. The highest BCUT2D eigenvalue weighted by Gasteiger charge is 2.49. The van der Waals surface area contributed by atoms with Crippen LogP contribution in [0.2, 0.25) is 0 Å². The lowest BCUT2D eigenvalue weighted by molar-refractivity contribution is -0.108. The monoisotopic (exact) mass is 531 g/mol. The molecule has 9 heteroatoms. The van der Waals surface area contributed by atoms with Crippen LogP contribution in [0.15, 0.2) is 30.3 Å². The number of β-amino-alcohol motifs (C(OH)–C–C–N with tert-alkyl or cyclic N) is 1. The molecule has 2 aromatic rings. The molecule has 1 atom stereocenters. The van der Waals surface area contributed by atoms with Gasteiger partial charge in [0.05, 0.1) is 33.6 Å². The number of hydrogen-bond acceptors (Lipinski definition) is 4. The summed E-state index contributed by atoms with van der Waals surface area (Å²) in [5.74, 6) is -2.81. The second-order valence-corrected chi connectivity index (χ2v) is 8.96. The average Bonchev–Trinajstić information content (AvgIpc) is 2.71. The van der Waals surface area contributed by atoms with E-state index in [9.17, 15) is 23.1 Å². The fourth-order valence-corrected chi connectivity index (χ4v) is 4.49. The number of halogens is 4. The minimum atomic E-state index is -1.01. The Bertz CT molecular complexity index is 976. The molecule has 0 aliphatic carbocycles. The number of nitrogens with one attached hydrogen (secondary N) is 2. The standard InChI is InChI=1S/C21H21F3IN3O2/c22-12-4-7-16(14(23)9-12)27-19-13(5-6-15(25)18(19)24)20(29)28-10-21(30,11-28)17-3-1-2-8-26-17/h4-7,9,17,26-27,30H,1-3,8,10-11H2/t17-/m0/s1. The minimum absolute atomic E-state index is 0.0234. The van der Waals surface area contributed by atoms with Crippen LogP contribution in [0.4, 0.5) is 24.5 Å². The van der Waals surface area contributed by atoms with E-state index in [2.05, 4.69) is 10.6 Å². The number of likely N-dealkylation sites (tertiary alicyclic amines) is 1. The van der Waals surface area contributed by atoms with Gasteiger partial charge in [0.2, 0.25) is 0 Å². The van der Waals surface area contributed by atoms with Gasteiger partial charge >= 0.3 is 0 Å². The van der Waals surface area contributed by atoms with Gasteiger partial charge in [-0.3, -0.25) is 4.79 Å². The highest BCUT2D eigenvalue weighted by molar-refractivity contribution is 14.1. The van der Waals surface area contributed by atoms with Gasteiger partial charge in [-0.1, -0.05) is 6.42 Å². The average molecular weight is 531 g/mol. The molecule has 0 saturated carbocycles. The molecule has 4 rings (SSSR count).